The molecular weight excluding hydrogens is 322 g/mol. The van der Waals surface area contributed by atoms with Crippen LogP contribution in [-0.4, -0.2) is 40.7 Å². The first-order chi connectivity index (χ1) is 12.1. The monoisotopic (exact) mass is 347 g/mol. The minimum atomic E-state index is -0.587. The van der Waals surface area contributed by atoms with Gasteiger partial charge in [-0.2, -0.15) is 0 Å². The van der Waals surface area contributed by atoms with Crippen molar-refractivity contribution in [3.8, 4) is 5.75 Å². The van der Waals surface area contributed by atoms with Gasteiger partial charge in [-0.05, 0) is 31.9 Å². The van der Waals surface area contributed by atoms with Crippen molar-refractivity contribution in [3.63, 3.8) is 0 Å². The highest BCUT2D eigenvalue weighted by atomic mass is 16.5. The van der Waals surface area contributed by atoms with Crippen molar-refractivity contribution in [2.24, 2.45) is 0 Å². The van der Waals surface area contributed by atoms with Gasteiger partial charge < -0.3 is 15.0 Å². The van der Waals surface area contributed by atoms with Crippen molar-refractivity contribution in [1.82, 2.24) is 15.7 Å². The number of rotatable bonds is 2. The number of urea groups is 1. The lowest BCUT2D eigenvalue weighted by molar-refractivity contribution is 0.0706. The van der Waals surface area contributed by atoms with E-state index in [-0.39, 0.29) is 18.1 Å². The van der Waals surface area contributed by atoms with Gasteiger partial charge in [0.05, 0.1) is 12.6 Å². The highest BCUT2D eigenvalue weighted by molar-refractivity contribution is 5.93. The maximum absolute atomic E-state index is 12.7. The summed E-state index contributed by atoms with van der Waals surface area (Å²) in [5, 5.41) is 11.9. The van der Waals surface area contributed by atoms with E-state index in [1.165, 1.54) is 19.3 Å². The van der Waals surface area contributed by atoms with E-state index < -0.39 is 5.91 Å². The molecule has 1 saturated carbocycles. The molecule has 2 aliphatic rings. The first kappa shape index (κ1) is 17.5. The van der Waals surface area contributed by atoms with Crippen LogP contribution in [0, 0.1) is 0 Å². The zero-order valence-corrected chi connectivity index (χ0v) is 14.5. The predicted molar refractivity (Wildman–Crippen MR) is 91.6 cm³/mol. The molecule has 1 heterocycles. The molecule has 1 aliphatic carbocycles. The molecule has 25 heavy (non-hydrogen) atoms. The zero-order valence-electron chi connectivity index (χ0n) is 14.5. The Labute approximate surface area is 147 Å². The van der Waals surface area contributed by atoms with Crippen molar-refractivity contribution in [3.05, 3.63) is 29.3 Å². The van der Waals surface area contributed by atoms with Crippen LogP contribution in [0.4, 0.5) is 4.79 Å². The highest BCUT2D eigenvalue weighted by Gasteiger charge is 2.28. The van der Waals surface area contributed by atoms with Gasteiger partial charge in [-0.3, -0.25) is 10.0 Å². The molecule has 0 spiro atoms. The Balaban J connectivity index is 1.73. The van der Waals surface area contributed by atoms with Crippen LogP contribution in [0.15, 0.2) is 18.2 Å². The molecule has 1 aromatic rings. The molecule has 1 fully saturated rings. The molecule has 3 amide bonds. The van der Waals surface area contributed by atoms with E-state index in [1.54, 1.807) is 28.6 Å². The number of amides is 3. The molecule has 136 valence electrons. The molecule has 7 heteroatoms. The van der Waals surface area contributed by atoms with E-state index in [4.69, 9.17) is 9.94 Å². The number of hydroxylamine groups is 1. The third-order valence-corrected chi connectivity index (χ3v) is 4.98. The minimum Gasteiger partial charge on any atom is -0.491 e. The Morgan fingerprint density at radius 2 is 2.00 bits per heavy atom. The Morgan fingerprint density at radius 1 is 1.24 bits per heavy atom. The average molecular weight is 347 g/mol. The first-order valence-corrected chi connectivity index (χ1v) is 8.86. The van der Waals surface area contributed by atoms with E-state index in [1.807, 2.05) is 6.92 Å². The Morgan fingerprint density at radius 3 is 2.72 bits per heavy atom. The molecule has 0 aromatic heterocycles. The van der Waals surface area contributed by atoms with Gasteiger partial charge in [0.1, 0.15) is 12.4 Å². The van der Waals surface area contributed by atoms with Crippen LogP contribution >= 0.6 is 0 Å². The normalized spacial score (nSPS) is 20.9. The fourth-order valence-electron chi connectivity index (χ4n) is 3.44. The number of hydrogen-bond acceptors (Lipinski definition) is 4. The van der Waals surface area contributed by atoms with Crippen LogP contribution in [0.5, 0.6) is 5.75 Å². The molecule has 0 radical (unpaired) electrons. The highest BCUT2D eigenvalue weighted by Crippen LogP contribution is 2.27. The van der Waals surface area contributed by atoms with Crippen molar-refractivity contribution < 1.29 is 19.5 Å². The molecule has 3 rings (SSSR count). The smallest absolute Gasteiger partial charge is 0.318 e. The fourth-order valence-corrected chi connectivity index (χ4v) is 3.44. The first-order valence-electron chi connectivity index (χ1n) is 8.86. The predicted octanol–water partition coefficient (Wildman–Crippen LogP) is 2.43. The summed E-state index contributed by atoms with van der Waals surface area (Å²) in [6, 6.07) is 5.09. The lowest BCUT2D eigenvalue weighted by atomic mass is 9.96. The summed E-state index contributed by atoms with van der Waals surface area (Å²) in [4.78, 5) is 26.1. The molecule has 1 atom stereocenters. The zero-order chi connectivity index (χ0) is 17.8. The fraction of sp³-hybridized carbons (Fsp3) is 0.556. The summed E-state index contributed by atoms with van der Waals surface area (Å²) in [5.74, 6) is -0.0171. The maximum atomic E-state index is 12.7. The standard InChI is InChI=1S/C18H25N3O4/c1-12-11-25-16-9-13(17(22)20-24)7-8-14(16)10-21(12)18(23)19-15-5-3-2-4-6-15/h7-9,12,15,24H,2-6,10-11H2,1H3,(H,19,23)(H,20,22). The molecular formula is C18H25N3O4. The SMILES string of the molecule is CC1COc2cc(C(=O)NO)ccc2CN1C(=O)NC1CCCCC1. The number of nitrogens with zero attached hydrogens (tertiary/aromatic N) is 1. The number of benzene rings is 1. The molecule has 7 nitrogen and oxygen atoms in total. The minimum absolute atomic E-state index is 0.0620. The summed E-state index contributed by atoms with van der Waals surface area (Å²) in [7, 11) is 0. The summed E-state index contributed by atoms with van der Waals surface area (Å²) in [6.45, 7) is 2.74. The summed E-state index contributed by atoms with van der Waals surface area (Å²) < 4.78 is 5.78. The molecule has 3 N–H and O–H groups in total. The van der Waals surface area contributed by atoms with Gasteiger partial charge in [0, 0.05) is 17.2 Å². The summed E-state index contributed by atoms with van der Waals surface area (Å²) in [6.07, 6.45) is 5.67. The van der Waals surface area contributed by atoms with Crippen LogP contribution in [0.3, 0.4) is 0 Å². The largest absolute Gasteiger partial charge is 0.491 e. The maximum Gasteiger partial charge on any atom is 0.318 e. The lowest BCUT2D eigenvalue weighted by Crippen LogP contribution is -2.49. The van der Waals surface area contributed by atoms with Crippen LogP contribution in [0.25, 0.3) is 0 Å². The van der Waals surface area contributed by atoms with Gasteiger partial charge in [-0.1, -0.05) is 25.3 Å². The average Bonchev–Trinajstić information content (AvgIpc) is 2.80. The van der Waals surface area contributed by atoms with Crippen molar-refractivity contribution in [2.75, 3.05) is 6.61 Å². The van der Waals surface area contributed by atoms with Crippen molar-refractivity contribution in [1.29, 1.82) is 0 Å². The number of carbonyl (C=O) groups is 2. The Bertz CT molecular complexity index is 643. The number of fused-ring (bicyclic) bond motifs is 1. The van der Waals surface area contributed by atoms with Gasteiger partial charge >= 0.3 is 6.03 Å². The van der Waals surface area contributed by atoms with Crippen LogP contribution in [-0.2, 0) is 6.54 Å². The van der Waals surface area contributed by atoms with Gasteiger partial charge in [-0.25, -0.2) is 10.3 Å². The van der Waals surface area contributed by atoms with E-state index in [0.29, 0.717) is 24.5 Å². The number of hydrogen-bond donors (Lipinski definition) is 3. The quantitative estimate of drug-likeness (QED) is 0.566. The Kier molecular flexibility index (Phi) is 5.43. The summed E-state index contributed by atoms with van der Waals surface area (Å²) in [5.41, 5.74) is 2.77. The number of carbonyl (C=O) groups excluding carboxylic acids is 2. The van der Waals surface area contributed by atoms with Gasteiger partial charge in [0.25, 0.3) is 5.91 Å². The third kappa shape index (κ3) is 4.04. The summed E-state index contributed by atoms with van der Waals surface area (Å²) >= 11 is 0. The topological polar surface area (TPSA) is 90.9 Å². The van der Waals surface area contributed by atoms with E-state index in [2.05, 4.69) is 5.32 Å². The second-order valence-corrected chi connectivity index (χ2v) is 6.84. The van der Waals surface area contributed by atoms with E-state index in [9.17, 15) is 9.59 Å². The second-order valence-electron chi connectivity index (χ2n) is 6.84. The van der Waals surface area contributed by atoms with E-state index in [0.717, 1.165) is 18.4 Å². The molecule has 0 bridgehead atoms. The van der Waals surface area contributed by atoms with Crippen LogP contribution < -0.4 is 15.5 Å². The van der Waals surface area contributed by atoms with Gasteiger partial charge in [-0.15, -0.1) is 0 Å². The molecule has 0 saturated heterocycles. The number of ether oxygens (including phenoxy) is 1. The second kappa shape index (κ2) is 7.74. The molecule has 1 aliphatic heterocycles. The van der Waals surface area contributed by atoms with Crippen molar-refractivity contribution in [2.45, 2.75) is 57.7 Å². The van der Waals surface area contributed by atoms with Gasteiger partial charge in [0.15, 0.2) is 0 Å². The molecule has 1 unspecified atom stereocenters. The number of nitrogens with one attached hydrogen (secondary N) is 2. The van der Waals surface area contributed by atoms with Crippen LogP contribution in [0.1, 0.15) is 54.9 Å². The Hall–Kier alpha value is -2.28. The van der Waals surface area contributed by atoms with Crippen molar-refractivity contribution >= 4 is 11.9 Å². The third-order valence-electron chi connectivity index (χ3n) is 4.98. The van der Waals surface area contributed by atoms with E-state index >= 15 is 0 Å². The molecule has 1 aromatic carbocycles. The van der Waals surface area contributed by atoms with Crippen LogP contribution in [0.2, 0.25) is 0 Å². The lowest BCUT2D eigenvalue weighted by Gasteiger charge is -2.30. The van der Waals surface area contributed by atoms with Gasteiger partial charge in [0.2, 0.25) is 0 Å².